The van der Waals surface area contributed by atoms with E-state index in [0.717, 1.165) is 0 Å². The highest BCUT2D eigenvalue weighted by Crippen LogP contribution is 2.06. The average molecular weight is 446 g/mol. The fraction of sp³-hybridized carbons (Fsp3) is 0.667. The summed E-state index contributed by atoms with van der Waals surface area (Å²) in [6, 6.07) is -5.28. The SMILES string of the molecule is CCC(C)C(N)C(=O)NC(C)C(=O)NC(CC(=O)O)C(=O)NC(CCC(=O)O)C(=O)O. The van der Waals surface area contributed by atoms with Crippen LogP contribution < -0.4 is 21.7 Å². The van der Waals surface area contributed by atoms with Crippen molar-refractivity contribution in [2.24, 2.45) is 11.7 Å². The number of carbonyl (C=O) groups excluding carboxylic acids is 3. The normalized spacial score (nSPS) is 15.5. The summed E-state index contributed by atoms with van der Waals surface area (Å²) in [5.41, 5.74) is 5.78. The first-order chi connectivity index (χ1) is 14.3. The number of nitrogens with two attached hydrogens (primary N) is 1. The summed E-state index contributed by atoms with van der Waals surface area (Å²) in [4.78, 5) is 69.7. The van der Waals surface area contributed by atoms with Gasteiger partial charge in [0.1, 0.15) is 18.1 Å². The Morgan fingerprint density at radius 2 is 1.35 bits per heavy atom. The molecule has 0 heterocycles. The minimum Gasteiger partial charge on any atom is -0.481 e. The Kier molecular flexibility index (Phi) is 11.8. The molecule has 5 atom stereocenters. The number of hydrogen-bond acceptors (Lipinski definition) is 7. The Hall–Kier alpha value is -3.22. The van der Waals surface area contributed by atoms with Gasteiger partial charge in [-0.05, 0) is 19.3 Å². The van der Waals surface area contributed by atoms with E-state index in [-0.39, 0.29) is 5.92 Å². The van der Waals surface area contributed by atoms with Crippen molar-refractivity contribution < 1.29 is 44.1 Å². The highest BCUT2D eigenvalue weighted by atomic mass is 16.4. The molecule has 0 saturated heterocycles. The summed E-state index contributed by atoms with van der Waals surface area (Å²) >= 11 is 0. The molecule has 13 nitrogen and oxygen atoms in total. The number of amides is 3. The van der Waals surface area contributed by atoms with Gasteiger partial charge in [0.15, 0.2) is 0 Å². The molecule has 0 radical (unpaired) electrons. The minimum absolute atomic E-state index is 0.153. The van der Waals surface area contributed by atoms with Crippen molar-refractivity contribution in [3.8, 4) is 0 Å². The molecule has 0 aromatic rings. The van der Waals surface area contributed by atoms with Gasteiger partial charge in [0.05, 0.1) is 12.5 Å². The molecule has 0 aliphatic heterocycles. The van der Waals surface area contributed by atoms with Crippen LogP contribution >= 0.6 is 0 Å². The van der Waals surface area contributed by atoms with Crippen molar-refractivity contribution in [2.75, 3.05) is 0 Å². The van der Waals surface area contributed by atoms with Crippen LogP contribution in [0.3, 0.4) is 0 Å². The zero-order chi connectivity index (χ0) is 24.3. The van der Waals surface area contributed by atoms with Gasteiger partial charge in [-0.2, -0.15) is 0 Å². The predicted octanol–water partition coefficient (Wildman–Crippen LogP) is -1.74. The molecule has 0 rings (SSSR count). The Bertz CT molecular complexity index is 698. The molecule has 0 bridgehead atoms. The Balaban J connectivity index is 5.17. The number of carboxylic acids is 3. The van der Waals surface area contributed by atoms with Crippen LogP contribution in [0, 0.1) is 5.92 Å². The van der Waals surface area contributed by atoms with Gasteiger partial charge in [0.25, 0.3) is 0 Å². The van der Waals surface area contributed by atoms with Crippen LogP contribution in [0.15, 0.2) is 0 Å². The molecule has 8 N–H and O–H groups in total. The summed E-state index contributed by atoms with van der Waals surface area (Å²) < 4.78 is 0. The summed E-state index contributed by atoms with van der Waals surface area (Å²) in [7, 11) is 0. The standard InChI is InChI=1S/C18H30N4O9/c1-4-8(2)14(19)17(29)20-9(3)15(27)22-11(7-13(25)26)16(28)21-10(18(30)31)5-6-12(23)24/h8-11,14H,4-7,19H2,1-3H3,(H,20,29)(H,21,28)(H,22,27)(H,23,24)(H,25,26)(H,30,31). The lowest BCUT2D eigenvalue weighted by molar-refractivity contribution is -0.144. The lowest BCUT2D eigenvalue weighted by Crippen LogP contribution is -2.57. The maximum atomic E-state index is 12.3. The molecule has 0 aliphatic carbocycles. The summed E-state index contributed by atoms with van der Waals surface area (Å²) in [5, 5.41) is 33.3. The second-order valence-electron chi connectivity index (χ2n) is 7.13. The topological polar surface area (TPSA) is 225 Å². The van der Waals surface area contributed by atoms with Crippen molar-refractivity contribution in [1.82, 2.24) is 16.0 Å². The molecule has 31 heavy (non-hydrogen) atoms. The van der Waals surface area contributed by atoms with Crippen LogP contribution in [0.25, 0.3) is 0 Å². The number of carboxylic acid groups (broad SMARTS) is 3. The van der Waals surface area contributed by atoms with Crippen molar-refractivity contribution >= 4 is 35.6 Å². The number of rotatable bonds is 14. The molecular formula is C18H30N4O9. The monoisotopic (exact) mass is 446 g/mol. The molecule has 0 aromatic heterocycles. The van der Waals surface area contributed by atoms with E-state index in [4.69, 9.17) is 21.1 Å². The highest BCUT2D eigenvalue weighted by molar-refractivity contribution is 5.95. The van der Waals surface area contributed by atoms with Gasteiger partial charge in [0, 0.05) is 6.42 Å². The van der Waals surface area contributed by atoms with Crippen molar-refractivity contribution in [2.45, 2.75) is 70.6 Å². The zero-order valence-electron chi connectivity index (χ0n) is 17.6. The molecule has 0 fully saturated rings. The van der Waals surface area contributed by atoms with E-state index in [1.807, 2.05) is 12.2 Å². The number of carbonyl (C=O) groups is 6. The smallest absolute Gasteiger partial charge is 0.326 e. The number of aliphatic carboxylic acids is 3. The molecule has 3 amide bonds. The molecule has 0 saturated carbocycles. The van der Waals surface area contributed by atoms with Crippen LogP contribution in [0.2, 0.25) is 0 Å². The van der Waals surface area contributed by atoms with E-state index in [9.17, 15) is 28.8 Å². The lowest BCUT2D eigenvalue weighted by Gasteiger charge is -2.23. The summed E-state index contributed by atoms with van der Waals surface area (Å²) in [5.74, 6) is -7.01. The molecule has 5 unspecified atom stereocenters. The van der Waals surface area contributed by atoms with Crippen LogP contribution in [-0.4, -0.2) is 75.1 Å². The van der Waals surface area contributed by atoms with Gasteiger partial charge >= 0.3 is 17.9 Å². The summed E-state index contributed by atoms with van der Waals surface area (Å²) in [6.07, 6.45) is -1.23. The maximum absolute atomic E-state index is 12.3. The van der Waals surface area contributed by atoms with Gasteiger partial charge in [-0.15, -0.1) is 0 Å². The van der Waals surface area contributed by atoms with E-state index in [1.165, 1.54) is 6.92 Å². The van der Waals surface area contributed by atoms with Crippen LogP contribution in [0.1, 0.15) is 46.5 Å². The van der Waals surface area contributed by atoms with Crippen molar-refractivity contribution in [1.29, 1.82) is 0 Å². The fourth-order valence-electron chi connectivity index (χ4n) is 2.37. The third-order valence-electron chi connectivity index (χ3n) is 4.58. The van der Waals surface area contributed by atoms with Crippen molar-refractivity contribution in [3.05, 3.63) is 0 Å². The number of nitrogens with one attached hydrogen (secondary N) is 3. The summed E-state index contributed by atoms with van der Waals surface area (Å²) in [6.45, 7) is 4.90. The minimum atomic E-state index is -1.65. The average Bonchev–Trinajstić information content (AvgIpc) is 2.67. The fourth-order valence-corrected chi connectivity index (χ4v) is 2.37. The van der Waals surface area contributed by atoms with Crippen LogP contribution in [-0.2, 0) is 28.8 Å². The Labute approximate surface area is 178 Å². The molecule has 176 valence electrons. The van der Waals surface area contributed by atoms with E-state index in [1.54, 1.807) is 6.92 Å². The second kappa shape index (κ2) is 13.2. The van der Waals surface area contributed by atoms with E-state index < -0.39 is 79.1 Å². The quantitative estimate of drug-likeness (QED) is 0.159. The predicted molar refractivity (Wildman–Crippen MR) is 106 cm³/mol. The van der Waals surface area contributed by atoms with Gasteiger partial charge < -0.3 is 37.0 Å². The first-order valence-corrected chi connectivity index (χ1v) is 9.63. The molecule has 0 spiro atoms. The molecule has 0 aliphatic rings. The third-order valence-corrected chi connectivity index (χ3v) is 4.58. The first-order valence-electron chi connectivity index (χ1n) is 9.63. The molecular weight excluding hydrogens is 416 g/mol. The van der Waals surface area contributed by atoms with Gasteiger partial charge in [-0.3, -0.25) is 24.0 Å². The molecule has 13 heteroatoms. The largest absolute Gasteiger partial charge is 0.481 e. The first kappa shape index (κ1) is 27.8. The van der Waals surface area contributed by atoms with Crippen LogP contribution in [0.4, 0.5) is 0 Å². The third kappa shape index (κ3) is 10.4. The van der Waals surface area contributed by atoms with Gasteiger partial charge in [0.2, 0.25) is 17.7 Å². The van der Waals surface area contributed by atoms with E-state index in [0.29, 0.717) is 6.42 Å². The van der Waals surface area contributed by atoms with Crippen molar-refractivity contribution in [3.63, 3.8) is 0 Å². The van der Waals surface area contributed by atoms with E-state index >= 15 is 0 Å². The Morgan fingerprint density at radius 1 is 0.806 bits per heavy atom. The lowest BCUT2D eigenvalue weighted by atomic mass is 9.99. The number of hydrogen-bond donors (Lipinski definition) is 7. The maximum Gasteiger partial charge on any atom is 0.326 e. The Morgan fingerprint density at radius 3 is 1.81 bits per heavy atom. The van der Waals surface area contributed by atoms with Crippen LogP contribution in [0.5, 0.6) is 0 Å². The van der Waals surface area contributed by atoms with E-state index in [2.05, 4.69) is 10.6 Å². The zero-order valence-corrected chi connectivity index (χ0v) is 17.6. The second-order valence-corrected chi connectivity index (χ2v) is 7.13. The highest BCUT2D eigenvalue weighted by Gasteiger charge is 2.30. The van der Waals surface area contributed by atoms with Gasteiger partial charge in [-0.25, -0.2) is 4.79 Å². The van der Waals surface area contributed by atoms with Gasteiger partial charge in [-0.1, -0.05) is 20.3 Å². The molecule has 0 aromatic carbocycles.